The summed E-state index contributed by atoms with van der Waals surface area (Å²) in [6, 6.07) is 0.504. The highest BCUT2D eigenvalue weighted by atomic mass is 19.4. The van der Waals surface area contributed by atoms with Gasteiger partial charge < -0.3 is 15.2 Å². The van der Waals surface area contributed by atoms with Crippen molar-refractivity contribution in [1.82, 2.24) is 20.2 Å². The quantitative estimate of drug-likeness (QED) is 0.808. The summed E-state index contributed by atoms with van der Waals surface area (Å²) in [5.41, 5.74) is 0. The van der Waals surface area contributed by atoms with Gasteiger partial charge >= 0.3 is 6.18 Å². The highest BCUT2D eigenvalue weighted by Crippen LogP contribution is 2.19. The van der Waals surface area contributed by atoms with E-state index in [2.05, 4.69) is 10.3 Å². The number of imidazole rings is 1. The summed E-state index contributed by atoms with van der Waals surface area (Å²) < 4.78 is 37.4. The van der Waals surface area contributed by atoms with Crippen molar-refractivity contribution in [2.45, 2.75) is 38.1 Å². The maximum atomic E-state index is 11.9. The summed E-state index contributed by atoms with van der Waals surface area (Å²) in [7, 11) is 0. The Kier molecular flexibility index (Phi) is 4.08. The molecule has 0 aliphatic heterocycles. The average molecular weight is 276 g/mol. The van der Waals surface area contributed by atoms with Crippen molar-refractivity contribution in [2.24, 2.45) is 0 Å². The Morgan fingerprint density at radius 3 is 2.84 bits per heavy atom. The molecule has 8 heteroatoms. The van der Waals surface area contributed by atoms with Gasteiger partial charge in [0.1, 0.15) is 18.9 Å². The van der Waals surface area contributed by atoms with Crippen LogP contribution in [-0.2, 0) is 17.9 Å². The van der Waals surface area contributed by atoms with Crippen LogP contribution in [0.4, 0.5) is 13.2 Å². The number of rotatable bonds is 6. The predicted octanol–water partition coefficient (Wildman–Crippen LogP) is 0.814. The molecular weight excluding hydrogens is 261 g/mol. The standard InChI is InChI=1S/C11H15F3N4O/c12-11(13,14)7-17-10(19)6-18-4-3-15-9(18)5-16-8-1-2-8/h3-4,8,16H,1-2,5-7H2,(H,17,19). The number of amides is 1. The normalized spacial score (nSPS) is 15.5. The lowest BCUT2D eigenvalue weighted by Gasteiger charge is -2.10. The van der Waals surface area contributed by atoms with Crippen LogP contribution in [0.25, 0.3) is 0 Å². The minimum atomic E-state index is -4.39. The van der Waals surface area contributed by atoms with E-state index >= 15 is 0 Å². The van der Waals surface area contributed by atoms with E-state index in [4.69, 9.17) is 0 Å². The summed E-state index contributed by atoms with van der Waals surface area (Å²) in [4.78, 5) is 15.5. The molecule has 106 valence electrons. The van der Waals surface area contributed by atoms with Crippen molar-refractivity contribution >= 4 is 5.91 Å². The third kappa shape index (κ3) is 4.90. The van der Waals surface area contributed by atoms with Gasteiger partial charge in [-0.2, -0.15) is 13.2 Å². The molecule has 2 N–H and O–H groups in total. The molecule has 1 fully saturated rings. The first-order chi connectivity index (χ1) is 8.94. The van der Waals surface area contributed by atoms with Crippen LogP contribution in [-0.4, -0.2) is 34.2 Å². The number of aromatic nitrogens is 2. The lowest BCUT2D eigenvalue weighted by atomic mass is 10.5. The molecule has 0 aromatic carbocycles. The fraction of sp³-hybridized carbons (Fsp3) is 0.636. The molecule has 1 heterocycles. The van der Waals surface area contributed by atoms with E-state index in [1.54, 1.807) is 10.8 Å². The Bertz CT molecular complexity index is 439. The van der Waals surface area contributed by atoms with Gasteiger partial charge in [0, 0.05) is 18.4 Å². The Morgan fingerprint density at radius 1 is 1.47 bits per heavy atom. The number of carbonyl (C=O) groups excluding carboxylic acids is 1. The maximum absolute atomic E-state index is 11.9. The number of alkyl halides is 3. The van der Waals surface area contributed by atoms with Crippen LogP contribution in [0.1, 0.15) is 18.7 Å². The van der Waals surface area contributed by atoms with Gasteiger partial charge in [0.2, 0.25) is 5.91 Å². The molecule has 1 aliphatic rings. The molecule has 1 aromatic rings. The zero-order valence-corrected chi connectivity index (χ0v) is 10.2. The zero-order chi connectivity index (χ0) is 13.9. The largest absolute Gasteiger partial charge is 0.405 e. The first-order valence-electron chi connectivity index (χ1n) is 6.01. The van der Waals surface area contributed by atoms with Crippen molar-refractivity contribution in [1.29, 1.82) is 0 Å². The average Bonchev–Trinajstić information content (AvgIpc) is 3.05. The fourth-order valence-corrected chi connectivity index (χ4v) is 1.58. The molecule has 0 spiro atoms. The summed E-state index contributed by atoms with van der Waals surface area (Å²) in [6.45, 7) is -0.946. The summed E-state index contributed by atoms with van der Waals surface area (Å²) >= 11 is 0. The number of carbonyl (C=O) groups is 1. The molecule has 0 bridgehead atoms. The SMILES string of the molecule is O=C(Cn1ccnc1CNC1CC1)NCC(F)(F)F. The summed E-state index contributed by atoms with van der Waals surface area (Å²) in [5, 5.41) is 5.07. The molecule has 1 amide bonds. The van der Waals surface area contributed by atoms with E-state index in [1.165, 1.54) is 6.20 Å². The van der Waals surface area contributed by atoms with Crippen LogP contribution in [0, 0.1) is 0 Å². The maximum Gasteiger partial charge on any atom is 0.405 e. The van der Waals surface area contributed by atoms with Gasteiger partial charge in [-0.25, -0.2) is 4.98 Å². The highest BCUT2D eigenvalue weighted by Gasteiger charge is 2.27. The molecule has 0 radical (unpaired) electrons. The minimum absolute atomic E-state index is 0.155. The van der Waals surface area contributed by atoms with E-state index < -0.39 is 18.6 Å². The number of nitrogens with one attached hydrogen (secondary N) is 2. The van der Waals surface area contributed by atoms with Gasteiger partial charge in [0.05, 0.1) is 6.54 Å². The topological polar surface area (TPSA) is 59.0 Å². The molecule has 5 nitrogen and oxygen atoms in total. The Morgan fingerprint density at radius 2 is 2.21 bits per heavy atom. The van der Waals surface area contributed by atoms with E-state index in [0.29, 0.717) is 18.4 Å². The second-order valence-electron chi connectivity index (χ2n) is 4.52. The van der Waals surface area contributed by atoms with Gasteiger partial charge in [-0.05, 0) is 12.8 Å². The van der Waals surface area contributed by atoms with Crippen LogP contribution >= 0.6 is 0 Å². The molecule has 1 aliphatic carbocycles. The third-order valence-electron chi connectivity index (χ3n) is 2.73. The lowest BCUT2D eigenvalue weighted by Crippen LogP contribution is -2.36. The van der Waals surface area contributed by atoms with Crippen LogP contribution < -0.4 is 10.6 Å². The monoisotopic (exact) mass is 276 g/mol. The van der Waals surface area contributed by atoms with Crippen molar-refractivity contribution in [3.8, 4) is 0 Å². The van der Waals surface area contributed by atoms with Crippen molar-refractivity contribution < 1.29 is 18.0 Å². The Balaban J connectivity index is 1.80. The smallest absolute Gasteiger partial charge is 0.345 e. The summed E-state index contributed by atoms with van der Waals surface area (Å²) in [5.74, 6) is -0.0305. The van der Waals surface area contributed by atoms with Gasteiger partial charge in [0.25, 0.3) is 0 Å². The molecule has 0 saturated heterocycles. The van der Waals surface area contributed by atoms with E-state index in [-0.39, 0.29) is 6.54 Å². The van der Waals surface area contributed by atoms with Crippen molar-refractivity contribution in [3.63, 3.8) is 0 Å². The van der Waals surface area contributed by atoms with Crippen LogP contribution in [0.3, 0.4) is 0 Å². The van der Waals surface area contributed by atoms with Gasteiger partial charge in [-0.15, -0.1) is 0 Å². The fourth-order valence-electron chi connectivity index (χ4n) is 1.58. The van der Waals surface area contributed by atoms with Crippen molar-refractivity contribution in [3.05, 3.63) is 18.2 Å². The Hall–Kier alpha value is -1.57. The number of halogens is 3. The molecular formula is C11H15F3N4O. The van der Waals surface area contributed by atoms with E-state index in [9.17, 15) is 18.0 Å². The molecule has 0 unspecified atom stereocenters. The van der Waals surface area contributed by atoms with Crippen LogP contribution in [0.15, 0.2) is 12.4 Å². The predicted molar refractivity (Wildman–Crippen MR) is 61.2 cm³/mol. The van der Waals surface area contributed by atoms with Gasteiger partial charge in [0.15, 0.2) is 0 Å². The molecule has 0 atom stereocenters. The van der Waals surface area contributed by atoms with Gasteiger partial charge in [-0.1, -0.05) is 0 Å². The molecule has 1 aromatic heterocycles. The number of nitrogens with zero attached hydrogens (tertiary/aromatic N) is 2. The molecule has 1 saturated carbocycles. The lowest BCUT2D eigenvalue weighted by molar-refractivity contribution is -0.138. The highest BCUT2D eigenvalue weighted by molar-refractivity contribution is 5.75. The Labute approximate surface area is 108 Å². The first-order valence-corrected chi connectivity index (χ1v) is 6.01. The van der Waals surface area contributed by atoms with Crippen LogP contribution in [0.5, 0.6) is 0 Å². The third-order valence-corrected chi connectivity index (χ3v) is 2.73. The number of hydrogen-bond donors (Lipinski definition) is 2. The van der Waals surface area contributed by atoms with Crippen molar-refractivity contribution in [2.75, 3.05) is 6.54 Å². The van der Waals surface area contributed by atoms with Crippen LogP contribution in [0.2, 0.25) is 0 Å². The second kappa shape index (κ2) is 5.60. The molecule has 2 rings (SSSR count). The van der Waals surface area contributed by atoms with Gasteiger partial charge in [-0.3, -0.25) is 4.79 Å². The van der Waals surface area contributed by atoms with E-state index in [1.807, 2.05) is 5.32 Å². The second-order valence-corrected chi connectivity index (χ2v) is 4.52. The number of hydrogen-bond acceptors (Lipinski definition) is 3. The van der Waals surface area contributed by atoms with E-state index in [0.717, 1.165) is 12.8 Å². The minimum Gasteiger partial charge on any atom is -0.345 e. The summed E-state index contributed by atoms with van der Waals surface area (Å²) in [6.07, 6.45) is 0.985. The zero-order valence-electron chi connectivity index (χ0n) is 10.2. The first kappa shape index (κ1) is 13.9. The molecule has 19 heavy (non-hydrogen) atoms.